The minimum atomic E-state index is 0.602. The Hall–Kier alpha value is -1.73. The number of imidazole rings is 1. The summed E-state index contributed by atoms with van der Waals surface area (Å²) in [7, 11) is 2.19. The van der Waals surface area contributed by atoms with Gasteiger partial charge in [-0.3, -0.25) is 4.90 Å². The van der Waals surface area contributed by atoms with E-state index in [0.29, 0.717) is 6.04 Å². The fourth-order valence-corrected chi connectivity index (χ4v) is 2.79. The molecule has 114 valence electrons. The first-order valence-electron chi connectivity index (χ1n) is 7.60. The van der Waals surface area contributed by atoms with Gasteiger partial charge in [0.1, 0.15) is 0 Å². The first-order valence-corrected chi connectivity index (χ1v) is 7.60. The number of nitrogens with one attached hydrogen (secondary N) is 3. The van der Waals surface area contributed by atoms with E-state index < -0.39 is 0 Å². The van der Waals surface area contributed by atoms with Gasteiger partial charge in [-0.05, 0) is 20.4 Å². The number of H-pyrrole nitrogens is 2. The van der Waals surface area contributed by atoms with Gasteiger partial charge in [0.05, 0.1) is 12.9 Å². The number of anilines is 1. The van der Waals surface area contributed by atoms with Crippen molar-refractivity contribution < 1.29 is 4.98 Å². The summed E-state index contributed by atoms with van der Waals surface area (Å²) in [5, 5.41) is 3.45. The zero-order valence-corrected chi connectivity index (χ0v) is 12.8. The van der Waals surface area contributed by atoms with Crippen molar-refractivity contribution >= 4 is 17.0 Å². The van der Waals surface area contributed by atoms with E-state index in [1.165, 1.54) is 26.2 Å². The maximum atomic E-state index is 4.17. The van der Waals surface area contributed by atoms with Gasteiger partial charge in [0.25, 0.3) is 5.65 Å². The standard InChI is InChI=1S/C14H23N7/c1-11(21-7-5-20(2)6-8-21)3-4-15-13-12-14(17-9-16-12)19-10-18-13/h9-11H,3-8H2,1-2H3,(H2,15,16,17,18,19)/p+1/t11-/m1/s1. The molecule has 2 aromatic rings. The maximum absolute atomic E-state index is 4.17. The van der Waals surface area contributed by atoms with E-state index in [1.54, 1.807) is 12.7 Å². The Balaban J connectivity index is 1.50. The van der Waals surface area contributed by atoms with Crippen LogP contribution < -0.4 is 10.3 Å². The molecule has 1 aliphatic heterocycles. The smallest absolute Gasteiger partial charge is 0.260 e. The zero-order chi connectivity index (χ0) is 14.7. The SMILES string of the molecule is C[C@H](CCNc1[nH+]cnc2nc[nH]c12)N1CCN(C)CC1. The Morgan fingerprint density at radius 3 is 2.95 bits per heavy atom. The number of likely N-dealkylation sites (N-methyl/N-ethyl adjacent to an activating group) is 1. The summed E-state index contributed by atoms with van der Waals surface area (Å²) in [4.78, 5) is 19.6. The summed E-state index contributed by atoms with van der Waals surface area (Å²) in [5.74, 6) is 0.961. The van der Waals surface area contributed by atoms with E-state index in [0.717, 1.165) is 29.9 Å². The Bertz CT molecular complexity index is 573. The van der Waals surface area contributed by atoms with Crippen LogP contribution in [0, 0.1) is 0 Å². The van der Waals surface area contributed by atoms with Gasteiger partial charge in [-0.15, -0.1) is 0 Å². The molecule has 3 N–H and O–H groups in total. The van der Waals surface area contributed by atoms with Crippen LogP contribution in [0.4, 0.5) is 5.82 Å². The molecule has 1 fully saturated rings. The molecule has 3 heterocycles. The van der Waals surface area contributed by atoms with Crippen LogP contribution in [0.3, 0.4) is 0 Å². The largest absolute Gasteiger partial charge is 0.336 e. The van der Waals surface area contributed by atoms with Gasteiger partial charge >= 0.3 is 0 Å². The van der Waals surface area contributed by atoms with Crippen LogP contribution in [0.5, 0.6) is 0 Å². The fraction of sp³-hybridized carbons (Fsp3) is 0.643. The number of aromatic nitrogens is 4. The van der Waals surface area contributed by atoms with E-state index >= 15 is 0 Å². The van der Waals surface area contributed by atoms with Gasteiger partial charge in [-0.2, -0.15) is 0 Å². The molecule has 21 heavy (non-hydrogen) atoms. The van der Waals surface area contributed by atoms with Crippen LogP contribution in [0.2, 0.25) is 0 Å². The second kappa shape index (κ2) is 6.36. The zero-order valence-electron chi connectivity index (χ0n) is 12.8. The highest BCUT2D eigenvalue weighted by atomic mass is 15.3. The van der Waals surface area contributed by atoms with Crippen LogP contribution in [-0.4, -0.2) is 70.6 Å². The van der Waals surface area contributed by atoms with Gasteiger partial charge in [0.15, 0.2) is 5.52 Å². The minimum Gasteiger partial charge on any atom is -0.336 e. The van der Waals surface area contributed by atoms with Gasteiger partial charge in [-0.25, -0.2) is 9.97 Å². The second-order valence-corrected chi connectivity index (χ2v) is 5.78. The molecular formula is C14H24N7+. The monoisotopic (exact) mass is 290 g/mol. The molecule has 1 aliphatic rings. The Labute approximate surface area is 124 Å². The number of piperazine rings is 1. The molecule has 7 nitrogen and oxygen atoms in total. The van der Waals surface area contributed by atoms with E-state index in [-0.39, 0.29) is 0 Å². The molecule has 2 aromatic heterocycles. The Kier molecular flexibility index (Phi) is 4.31. The van der Waals surface area contributed by atoms with E-state index in [1.807, 2.05) is 0 Å². The lowest BCUT2D eigenvalue weighted by molar-refractivity contribution is -0.364. The van der Waals surface area contributed by atoms with Crippen LogP contribution in [0.15, 0.2) is 12.7 Å². The van der Waals surface area contributed by atoms with Crippen molar-refractivity contribution in [3.63, 3.8) is 0 Å². The third-order valence-corrected chi connectivity index (χ3v) is 4.29. The fourth-order valence-electron chi connectivity index (χ4n) is 2.79. The average molecular weight is 290 g/mol. The highest BCUT2D eigenvalue weighted by Crippen LogP contribution is 2.12. The van der Waals surface area contributed by atoms with E-state index in [4.69, 9.17) is 0 Å². The average Bonchev–Trinajstić information content (AvgIpc) is 2.97. The first kappa shape index (κ1) is 14.2. The summed E-state index contributed by atoms with van der Waals surface area (Å²) in [5.41, 5.74) is 1.67. The van der Waals surface area contributed by atoms with E-state index in [2.05, 4.69) is 49.0 Å². The van der Waals surface area contributed by atoms with Gasteiger partial charge in [-0.1, -0.05) is 4.98 Å². The van der Waals surface area contributed by atoms with Crippen molar-refractivity contribution in [2.24, 2.45) is 0 Å². The quantitative estimate of drug-likeness (QED) is 0.823. The Morgan fingerprint density at radius 2 is 2.14 bits per heavy atom. The van der Waals surface area contributed by atoms with Crippen LogP contribution in [0.1, 0.15) is 13.3 Å². The number of hydrogen-bond donors (Lipinski definition) is 2. The van der Waals surface area contributed by atoms with Crippen LogP contribution in [-0.2, 0) is 0 Å². The lowest BCUT2D eigenvalue weighted by Crippen LogP contribution is -2.48. The number of aromatic amines is 2. The van der Waals surface area contributed by atoms with Crippen molar-refractivity contribution in [1.82, 2.24) is 24.8 Å². The maximum Gasteiger partial charge on any atom is 0.260 e. The molecule has 0 aliphatic carbocycles. The number of hydrogen-bond acceptors (Lipinski definition) is 5. The summed E-state index contributed by atoms with van der Waals surface area (Å²) >= 11 is 0. The van der Waals surface area contributed by atoms with Crippen molar-refractivity contribution in [3.8, 4) is 0 Å². The Morgan fingerprint density at radius 1 is 1.33 bits per heavy atom. The molecule has 7 heteroatoms. The molecular weight excluding hydrogens is 266 g/mol. The summed E-state index contributed by atoms with van der Waals surface area (Å²) < 4.78 is 0. The highest BCUT2D eigenvalue weighted by Gasteiger charge is 2.19. The van der Waals surface area contributed by atoms with Gasteiger partial charge < -0.3 is 15.2 Å². The van der Waals surface area contributed by atoms with Crippen LogP contribution in [0.25, 0.3) is 11.2 Å². The predicted octanol–water partition coefficient (Wildman–Crippen LogP) is 0.210. The van der Waals surface area contributed by atoms with Crippen molar-refractivity contribution in [1.29, 1.82) is 0 Å². The molecule has 3 rings (SSSR count). The van der Waals surface area contributed by atoms with Crippen molar-refractivity contribution in [2.45, 2.75) is 19.4 Å². The van der Waals surface area contributed by atoms with E-state index in [9.17, 15) is 0 Å². The lowest BCUT2D eigenvalue weighted by atomic mass is 10.1. The molecule has 0 saturated carbocycles. The second-order valence-electron chi connectivity index (χ2n) is 5.78. The molecule has 0 radical (unpaired) electrons. The highest BCUT2D eigenvalue weighted by molar-refractivity contribution is 5.79. The molecule has 0 amide bonds. The lowest BCUT2D eigenvalue weighted by Gasteiger charge is -2.36. The van der Waals surface area contributed by atoms with Crippen LogP contribution >= 0.6 is 0 Å². The first-order chi connectivity index (χ1) is 10.2. The van der Waals surface area contributed by atoms with Gasteiger partial charge in [0.2, 0.25) is 12.1 Å². The topological polar surface area (TPSA) is 74.2 Å². The molecule has 1 saturated heterocycles. The molecule has 0 unspecified atom stereocenters. The summed E-state index contributed by atoms with van der Waals surface area (Å²) in [6.07, 6.45) is 4.47. The predicted molar refractivity (Wildman–Crippen MR) is 82.1 cm³/mol. The number of rotatable bonds is 5. The van der Waals surface area contributed by atoms with Crippen molar-refractivity contribution in [3.05, 3.63) is 12.7 Å². The minimum absolute atomic E-state index is 0.602. The number of fused-ring (bicyclic) bond motifs is 1. The third-order valence-electron chi connectivity index (χ3n) is 4.29. The summed E-state index contributed by atoms with van der Waals surface area (Å²) in [6.45, 7) is 7.93. The third kappa shape index (κ3) is 3.30. The van der Waals surface area contributed by atoms with Crippen molar-refractivity contribution in [2.75, 3.05) is 45.1 Å². The molecule has 0 bridgehead atoms. The number of nitrogens with zero attached hydrogens (tertiary/aromatic N) is 4. The molecule has 1 atom stereocenters. The molecule has 0 aromatic carbocycles. The summed E-state index contributed by atoms with van der Waals surface area (Å²) in [6, 6.07) is 0.602. The normalized spacial score (nSPS) is 19.0. The molecule has 0 spiro atoms. The van der Waals surface area contributed by atoms with Gasteiger partial charge in [0, 0.05) is 32.2 Å².